The Morgan fingerprint density at radius 2 is 0.983 bits per heavy atom. The maximum Gasteiger partial charge on any atom is 0.268 e. The summed E-state index contributed by atoms with van der Waals surface area (Å²) in [7, 11) is -7.94. The van der Waals surface area contributed by atoms with E-state index in [2.05, 4.69) is 21.3 Å². The third-order valence-corrected chi connectivity index (χ3v) is 13.8. The van der Waals surface area contributed by atoms with Crippen molar-refractivity contribution in [3.63, 3.8) is 0 Å². The Bertz CT molecular complexity index is 2860. The minimum absolute atomic E-state index is 0.0922. The fraction of sp³-hybridized carbons (Fsp3) is 0.190. The maximum absolute atomic E-state index is 13.7. The van der Waals surface area contributed by atoms with Crippen LogP contribution in [0.1, 0.15) is 12.8 Å². The fourth-order valence-electron chi connectivity index (χ4n) is 7.69. The molecule has 4 N–H and O–H groups in total. The summed E-state index contributed by atoms with van der Waals surface area (Å²) in [4.78, 5) is 9.30. The van der Waals surface area contributed by atoms with Gasteiger partial charge in [0.1, 0.15) is 23.3 Å². The van der Waals surface area contributed by atoms with Crippen molar-refractivity contribution in [2.75, 3.05) is 36.8 Å². The molecule has 0 aliphatic carbocycles. The van der Waals surface area contributed by atoms with Crippen LogP contribution in [0.15, 0.2) is 131 Å². The zero-order chi connectivity index (χ0) is 40.0. The molecule has 2 saturated heterocycles. The molecule has 2 fully saturated rings. The molecular weight excluding hydrogens is 783 g/mol. The Hall–Kier alpha value is -5.94. The van der Waals surface area contributed by atoms with Gasteiger partial charge in [0.2, 0.25) is 0 Å². The monoisotopic (exact) mass is 820 g/mol. The van der Waals surface area contributed by atoms with E-state index in [1.54, 1.807) is 12.1 Å². The summed E-state index contributed by atoms with van der Waals surface area (Å²) in [6, 6.07) is 28.9. The third-order valence-electron chi connectivity index (χ3n) is 10.5. The van der Waals surface area contributed by atoms with E-state index in [0.29, 0.717) is 33.7 Å². The molecule has 16 heteroatoms. The number of para-hydroxylation sites is 2. The highest BCUT2D eigenvalue weighted by molar-refractivity contribution is 7.90. The molecule has 2 atom stereocenters. The highest BCUT2D eigenvalue weighted by atomic mass is 32.2. The van der Waals surface area contributed by atoms with Crippen LogP contribution in [0.25, 0.3) is 43.6 Å². The molecule has 12 nitrogen and oxygen atoms in total. The second kappa shape index (κ2) is 15.1. The number of pyridine rings is 2. The van der Waals surface area contributed by atoms with Crippen molar-refractivity contribution in [3.8, 4) is 0 Å². The SMILES string of the molecule is O=S(=O)(c1cccc(F)c1)n1ccc2c(NC3CCNC3)nc3ccccc3c21.O=S(=O)(c1cccc(F)c1)n1ccc2c(N[C@H]3CCNC3)nc3ccccc3c21. The molecule has 4 aromatic carbocycles. The molecule has 2 aliphatic heterocycles. The molecular formula is C42H38F2N8O4S2. The van der Waals surface area contributed by atoms with Gasteiger partial charge in [-0.3, -0.25) is 0 Å². The maximum atomic E-state index is 13.7. The Labute approximate surface area is 333 Å². The van der Waals surface area contributed by atoms with E-state index in [4.69, 9.17) is 9.97 Å². The number of hydrogen-bond acceptors (Lipinski definition) is 10. The summed E-state index contributed by atoms with van der Waals surface area (Å²) >= 11 is 0. The van der Waals surface area contributed by atoms with E-state index in [-0.39, 0.29) is 21.9 Å². The van der Waals surface area contributed by atoms with Gasteiger partial charge in [0.25, 0.3) is 20.0 Å². The average Bonchev–Trinajstić information content (AvgIpc) is 4.07. The lowest BCUT2D eigenvalue weighted by Gasteiger charge is -2.15. The highest BCUT2D eigenvalue weighted by Crippen LogP contribution is 2.35. The largest absolute Gasteiger partial charge is 0.365 e. The highest BCUT2D eigenvalue weighted by Gasteiger charge is 2.26. The number of benzene rings is 4. The number of anilines is 2. The van der Waals surface area contributed by atoms with Crippen molar-refractivity contribution in [2.45, 2.75) is 34.7 Å². The number of aromatic nitrogens is 4. The molecule has 6 heterocycles. The van der Waals surface area contributed by atoms with Crippen LogP contribution in [-0.2, 0) is 20.0 Å². The summed E-state index contributed by atoms with van der Waals surface area (Å²) in [5.74, 6) is 0.122. The zero-order valence-corrected chi connectivity index (χ0v) is 32.6. The fourth-order valence-corrected chi connectivity index (χ4v) is 10.5. The van der Waals surface area contributed by atoms with Crippen LogP contribution < -0.4 is 21.3 Å². The van der Waals surface area contributed by atoms with E-state index < -0.39 is 31.7 Å². The van der Waals surface area contributed by atoms with E-state index in [1.165, 1.54) is 56.7 Å². The molecule has 0 bridgehead atoms. The zero-order valence-electron chi connectivity index (χ0n) is 30.9. The first-order valence-electron chi connectivity index (χ1n) is 18.8. The van der Waals surface area contributed by atoms with Crippen molar-refractivity contribution < 1.29 is 25.6 Å². The van der Waals surface area contributed by atoms with E-state index in [9.17, 15) is 25.6 Å². The molecule has 1 unspecified atom stereocenters. The van der Waals surface area contributed by atoms with Gasteiger partial charge in [-0.1, -0.05) is 48.5 Å². The van der Waals surface area contributed by atoms with Gasteiger partial charge in [0.15, 0.2) is 0 Å². The Balaban J connectivity index is 0.000000150. The molecule has 0 saturated carbocycles. The summed E-state index contributed by atoms with van der Waals surface area (Å²) < 4.78 is 83.1. The van der Waals surface area contributed by atoms with Gasteiger partial charge >= 0.3 is 0 Å². The molecule has 10 rings (SSSR count). The Morgan fingerprint density at radius 1 is 0.552 bits per heavy atom. The van der Waals surface area contributed by atoms with Crippen LogP contribution >= 0.6 is 0 Å². The second-order valence-electron chi connectivity index (χ2n) is 14.3. The van der Waals surface area contributed by atoms with Gasteiger partial charge in [-0.05, 0) is 86.6 Å². The number of fused-ring (bicyclic) bond motifs is 6. The van der Waals surface area contributed by atoms with Gasteiger partial charge in [0, 0.05) is 59.1 Å². The van der Waals surface area contributed by atoms with Crippen molar-refractivity contribution >= 4 is 75.3 Å². The molecule has 8 aromatic rings. The molecule has 0 spiro atoms. The number of halogens is 2. The van der Waals surface area contributed by atoms with Crippen molar-refractivity contribution in [3.05, 3.63) is 133 Å². The minimum Gasteiger partial charge on any atom is -0.365 e. The number of nitrogens with one attached hydrogen (secondary N) is 4. The van der Waals surface area contributed by atoms with Crippen LogP contribution in [0.2, 0.25) is 0 Å². The van der Waals surface area contributed by atoms with E-state index in [0.717, 1.165) is 72.7 Å². The normalized spacial score (nSPS) is 17.2. The van der Waals surface area contributed by atoms with E-state index in [1.807, 2.05) is 48.5 Å². The smallest absolute Gasteiger partial charge is 0.268 e. The summed E-state index contributed by atoms with van der Waals surface area (Å²) in [6.07, 6.45) is 4.96. The van der Waals surface area contributed by atoms with Crippen LogP contribution in [0.5, 0.6) is 0 Å². The predicted octanol–water partition coefficient (Wildman–Crippen LogP) is 6.68. The van der Waals surface area contributed by atoms with Gasteiger partial charge in [0.05, 0.1) is 31.9 Å². The lowest BCUT2D eigenvalue weighted by Crippen LogP contribution is -2.22. The Morgan fingerprint density at radius 3 is 1.38 bits per heavy atom. The lowest BCUT2D eigenvalue weighted by atomic mass is 10.1. The van der Waals surface area contributed by atoms with Gasteiger partial charge in [-0.25, -0.2) is 43.5 Å². The molecule has 296 valence electrons. The second-order valence-corrected chi connectivity index (χ2v) is 17.9. The summed E-state index contributed by atoms with van der Waals surface area (Å²) in [6.45, 7) is 3.53. The van der Waals surface area contributed by atoms with E-state index >= 15 is 0 Å². The quantitative estimate of drug-likeness (QED) is 0.131. The molecule has 0 radical (unpaired) electrons. The number of nitrogens with zero attached hydrogens (tertiary/aromatic N) is 4. The van der Waals surface area contributed by atoms with Crippen LogP contribution in [0, 0.1) is 11.6 Å². The number of hydrogen-bond donors (Lipinski definition) is 4. The van der Waals surface area contributed by atoms with Gasteiger partial charge < -0.3 is 21.3 Å². The first kappa shape index (κ1) is 37.6. The molecule has 58 heavy (non-hydrogen) atoms. The first-order valence-corrected chi connectivity index (χ1v) is 21.7. The number of rotatable bonds is 8. The standard InChI is InChI=1S/2C21H19FN4O2S/c2*22-14-4-3-5-16(12-14)29(27,28)26-11-9-18-20(26)17-6-1-2-7-19(17)25-21(18)24-15-8-10-23-13-15/h2*1-7,9,11-12,15,23H,8,10,13H2,(H,24,25)/t15-;/m0./s1. The summed E-state index contributed by atoms with van der Waals surface area (Å²) in [5, 5.41) is 16.4. The lowest BCUT2D eigenvalue weighted by molar-refractivity contribution is 0.583. The average molecular weight is 821 g/mol. The molecule has 4 aromatic heterocycles. The summed E-state index contributed by atoms with van der Waals surface area (Å²) in [5.41, 5.74) is 2.47. The first-order chi connectivity index (χ1) is 28.1. The van der Waals surface area contributed by atoms with Crippen LogP contribution in [-0.4, -0.2) is 73.0 Å². The topological polar surface area (TPSA) is 152 Å². The van der Waals surface area contributed by atoms with Crippen molar-refractivity contribution in [2.24, 2.45) is 0 Å². The molecule has 2 aliphatic rings. The Kier molecular flexibility index (Phi) is 9.79. The van der Waals surface area contributed by atoms with Gasteiger partial charge in [-0.2, -0.15) is 0 Å². The third kappa shape index (κ3) is 6.91. The van der Waals surface area contributed by atoms with Crippen LogP contribution in [0.3, 0.4) is 0 Å². The van der Waals surface area contributed by atoms with Crippen molar-refractivity contribution in [1.82, 2.24) is 28.5 Å². The molecule has 0 amide bonds. The minimum atomic E-state index is -3.97. The van der Waals surface area contributed by atoms with Gasteiger partial charge in [-0.15, -0.1) is 0 Å². The predicted molar refractivity (Wildman–Crippen MR) is 222 cm³/mol. The van der Waals surface area contributed by atoms with Crippen molar-refractivity contribution in [1.29, 1.82) is 0 Å². The van der Waals surface area contributed by atoms with Crippen LogP contribution in [0.4, 0.5) is 20.4 Å².